The van der Waals surface area contributed by atoms with E-state index in [-0.39, 0.29) is 0 Å². The lowest BCUT2D eigenvalue weighted by molar-refractivity contribution is -0.119. The number of carbonyl (C=O) groups is 1. The molecule has 1 atom stereocenters. The van der Waals surface area contributed by atoms with Crippen molar-refractivity contribution in [2.24, 2.45) is 5.92 Å². The summed E-state index contributed by atoms with van der Waals surface area (Å²) in [6.45, 7) is 8.51. The van der Waals surface area contributed by atoms with Gasteiger partial charge in [-0.1, -0.05) is 56.0 Å². The molecule has 0 heterocycles. The van der Waals surface area contributed by atoms with Crippen molar-refractivity contribution in [2.75, 3.05) is 0 Å². The van der Waals surface area contributed by atoms with Crippen molar-refractivity contribution >= 4 is 5.78 Å². The Kier molecular flexibility index (Phi) is 5.40. The first kappa shape index (κ1) is 14.0. The van der Waals surface area contributed by atoms with E-state index in [9.17, 15) is 4.79 Å². The van der Waals surface area contributed by atoms with Gasteiger partial charge in [0.2, 0.25) is 0 Å². The zero-order chi connectivity index (χ0) is 12.8. The molecule has 0 amide bonds. The average molecular weight is 232 g/mol. The van der Waals surface area contributed by atoms with Crippen molar-refractivity contribution in [2.45, 2.75) is 53.4 Å². The van der Waals surface area contributed by atoms with E-state index in [4.69, 9.17) is 0 Å². The highest BCUT2D eigenvalue weighted by Gasteiger charge is 2.09. The second-order valence-corrected chi connectivity index (χ2v) is 5.31. The quantitative estimate of drug-likeness (QED) is 0.717. The van der Waals surface area contributed by atoms with Gasteiger partial charge in [-0.05, 0) is 25.3 Å². The summed E-state index contributed by atoms with van der Waals surface area (Å²) in [7, 11) is 0. The lowest BCUT2D eigenvalue weighted by Gasteiger charge is -2.09. The Balaban J connectivity index is 2.56. The maximum Gasteiger partial charge on any atom is 0.137 e. The summed E-state index contributed by atoms with van der Waals surface area (Å²) in [6.07, 6.45) is 3.63. The highest BCUT2D eigenvalue weighted by atomic mass is 16.1. The first-order valence-electron chi connectivity index (χ1n) is 6.60. The molecule has 0 aromatic heterocycles. The Morgan fingerprint density at radius 1 is 1.18 bits per heavy atom. The molecule has 0 N–H and O–H groups in total. The summed E-state index contributed by atoms with van der Waals surface area (Å²) in [5, 5.41) is 0. The summed E-state index contributed by atoms with van der Waals surface area (Å²) < 4.78 is 0. The van der Waals surface area contributed by atoms with Gasteiger partial charge in [0.1, 0.15) is 5.78 Å². The number of hydrogen-bond donors (Lipinski definition) is 0. The maximum absolute atomic E-state index is 11.9. The van der Waals surface area contributed by atoms with Crippen molar-refractivity contribution in [3.8, 4) is 0 Å². The van der Waals surface area contributed by atoms with Crippen LogP contribution in [-0.2, 0) is 11.2 Å². The minimum absolute atomic E-state index is 0.371. The largest absolute Gasteiger partial charge is 0.299 e. The summed E-state index contributed by atoms with van der Waals surface area (Å²) in [4.78, 5) is 11.9. The van der Waals surface area contributed by atoms with Gasteiger partial charge < -0.3 is 0 Å². The van der Waals surface area contributed by atoms with Crippen molar-refractivity contribution in [3.63, 3.8) is 0 Å². The summed E-state index contributed by atoms with van der Waals surface area (Å²) in [5.74, 6) is 0.898. The monoisotopic (exact) mass is 232 g/mol. The standard InChI is InChI=1S/C16H24O/c1-5-6-12(2)10-16(17)11-15-8-13(3)7-14(4)9-15/h7-9,12H,5-6,10-11H2,1-4H3. The fourth-order valence-electron chi connectivity index (χ4n) is 2.45. The zero-order valence-electron chi connectivity index (χ0n) is 11.5. The molecule has 0 fully saturated rings. The Labute approximate surface area is 105 Å². The molecular weight excluding hydrogens is 208 g/mol. The van der Waals surface area contributed by atoms with E-state index in [1.165, 1.54) is 11.1 Å². The molecule has 17 heavy (non-hydrogen) atoms. The number of ketones is 1. The van der Waals surface area contributed by atoms with Crippen molar-refractivity contribution < 1.29 is 4.79 Å². The van der Waals surface area contributed by atoms with E-state index in [1.54, 1.807) is 0 Å². The van der Waals surface area contributed by atoms with Crippen LogP contribution in [0.3, 0.4) is 0 Å². The first-order chi connectivity index (χ1) is 8.01. The van der Waals surface area contributed by atoms with Gasteiger partial charge in [0.15, 0.2) is 0 Å². The predicted molar refractivity (Wildman–Crippen MR) is 73.3 cm³/mol. The van der Waals surface area contributed by atoms with E-state index in [2.05, 4.69) is 45.9 Å². The van der Waals surface area contributed by atoms with Gasteiger partial charge >= 0.3 is 0 Å². The molecule has 1 heteroatoms. The minimum Gasteiger partial charge on any atom is -0.299 e. The average Bonchev–Trinajstić information content (AvgIpc) is 2.14. The van der Waals surface area contributed by atoms with Crippen LogP contribution in [-0.4, -0.2) is 5.78 Å². The lowest BCUT2D eigenvalue weighted by Crippen LogP contribution is -2.08. The van der Waals surface area contributed by atoms with Crippen LogP contribution < -0.4 is 0 Å². The smallest absolute Gasteiger partial charge is 0.137 e. The fraction of sp³-hybridized carbons (Fsp3) is 0.562. The molecule has 0 saturated heterocycles. The van der Waals surface area contributed by atoms with Gasteiger partial charge in [0, 0.05) is 12.8 Å². The Morgan fingerprint density at radius 3 is 2.29 bits per heavy atom. The van der Waals surface area contributed by atoms with Crippen molar-refractivity contribution in [1.29, 1.82) is 0 Å². The molecule has 0 spiro atoms. The minimum atomic E-state index is 0.371. The van der Waals surface area contributed by atoms with Crippen molar-refractivity contribution in [3.05, 3.63) is 34.9 Å². The van der Waals surface area contributed by atoms with E-state index < -0.39 is 0 Å². The first-order valence-corrected chi connectivity index (χ1v) is 6.60. The highest BCUT2D eigenvalue weighted by molar-refractivity contribution is 5.81. The summed E-state index contributed by atoms with van der Waals surface area (Å²) in [5.41, 5.74) is 3.65. The van der Waals surface area contributed by atoms with Gasteiger partial charge in [-0.15, -0.1) is 0 Å². The Bertz CT molecular complexity index is 359. The fourth-order valence-corrected chi connectivity index (χ4v) is 2.45. The van der Waals surface area contributed by atoms with E-state index in [1.807, 2.05) is 0 Å². The summed E-state index contributed by atoms with van der Waals surface area (Å²) in [6, 6.07) is 6.39. The normalized spacial score (nSPS) is 12.5. The molecule has 1 aromatic rings. The van der Waals surface area contributed by atoms with E-state index in [0.717, 1.165) is 24.8 Å². The molecule has 0 aliphatic carbocycles. The topological polar surface area (TPSA) is 17.1 Å². The van der Waals surface area contributed by atoms with Crippen LogP contribution in [0.1, 0.15) is 49.8 Å². The second kappa shape index (κ2) is 6.58. The number of hydrogen-bond acceptors (Lipinski definition) is 1. The van der Waals surface area contributed by atoms with Crippen LogP contribution in [0.5, 0.6) is 0 Å². The molecule has 0 saturated carbocycles. The van der Waals surface area contributed by atoms with Crippen LogP contribution in [0.2, 0.25) is 0 Å². The van der Waals surface area contributed by atoms with Gasteiger partial charge in [0.05, 0.1) is 0 Å². The molecule has 0 bridgehead atoms. The molecule has 0 radical (unpaired) electrons. The van der Waals surface area contributed by atoms with Crippen LogP contribution >= 0.6 is 0 Å². The van der Waals surface area contributed by atoms with Gasteiger partial charge in [-0.2, -0.15) is 0 Å². The van der Waals surface area contributed by atoms with Gasteiger partial charge in [-0.3, -0.25) is 4.79 Å². The van der Waals surface area contributed by atoms with Crippen LogP contribution in [0.15, 0.2) is 18.2 Å². The number of aryl methyl sites for hydroxylation is 2. The second-order valence-electron chi connectivity index (χ2n) is 5.31. The van der Waals surface area contributed by atoms with Crippen LogP contribution in [0.25, 0.3) is 0 Å². The highest BCUT2D eigenvalue weighted by Crippen LogP contribution is 2.14. The summed E-state index contributed by atoms with van der Waals surface area (Å²) >= 11 is 0. The third-order valence-electron chi connectivity index (χ3n) is 3.04. The maximum atomic E-state index is 11.9. The van der Waals surface area contributed by atoms with Crippen LogP contribution in [0.4, 0.5) is 0 Å². The molecule has 0 aliphatic heterocycles. The molecular formula is C16H24O. The number of benzene rings is 1. The third kappa shape index (κ3) is 5.16. The number of carbonyl (C=O) groups excluding carboxylic acids is 1. The molecule has 1 unspecified atom stereocenters. The molecule has 0 aliphatic rings. The van der Waals surface area contributed by atoms with Crippen molar-refractivity contribution in [1.82, 2.24) is 0 Å². The number of rotatable bonds is 6. The molecule has 1 rings (SSSR count). The SMILES string of the molecule is CCCC(C)CC(=O)Cc1cc(C)cc(C)c1. The van der Waals surface area contributed by atoms with Crippen LogP contribution in [0, 0.1) is 19.8 Å². The Morgan fingerprint density at radius 2 is 1.76 bits per heavy atom. The van der Waals surface area contributed by atoms with Gasteiger partial charge in [-0.25, -0.2) is 0 Å². The lowest BCUT2D eigenvalue weighted by atomic mass is 9.95. The van der Waals surface area contributed by atoms with E-state index >= 15 is 0 Å². The van der Waals surface area contributed by atoms with E-state index in [0.29, 0.717) is 18.1 Å². The van der Waals surface area contributed by atoms with Gasteiger partial charge in [0.25, 0.3) is 0 Å². The molecule has 1 nitrogen and oxygen atoms in total. The molecule has 94 valence electrons. The number of Topliss-reactive ketones (excluding diaryl/α,β-unsaturated/α-hetero) is 1. The zero-order valence-corrected chi connectivity index (χ0v) is 11.5. The molecule has 1 aromatic carbocycles. The Hall–Kier alpha value is -1.11. The third-order valence-corrected chi connectivity index (χ3v) is 3.04. The predicted octanol–water partition coefficient (Wildman–Crippen LogP) is 4.24.